The molecule has 0 saturated heterocycles. The standard InChI is InChI=1S/C31H26N4O5S/c36-19-23(17-28(38)39)32-27(37)18-35-26-13-7-6-12-25(26)29(21-9-2-1-3-10-21)33-30(31(35)40)34-41-24-15-14-20-8-4-5-11-22(20)16-24/h1-16,19,23,30,34H,17-18H2,(H,32,37)(H,38,39). The van der Waals surface area contributed by atoms with Gasteiger partial charge in [0.25, 0.3) is 5.91 Å². The van der Waals surface area contributed by atoms with Gasteiger partial charge in [-0.2, -0.15) is 0 Å². The highest BCUT2D eigenvalue weighted by Crippen LogP contribution is 2.29. The summed E-state index contributed by atoms with van der Waals surface area (Å²) < 4.78 is 3.18. The van der Waals surface area contributed by atoms with Gasteiger partial charge in [-0.25, -0.2) is 4.72 Å². The van der Waals surface area contributed by atoms with E-state index in [1.807, 2.05) is 84.9 Å². The molecule has 5 rings (SSSR count). The van der Waals surface area contributed by atoms with Crippen LogP contribution in [0.2, 0.25) is 0 Å². The number of benzodiazepines with no additional fused rings is 1. The molecule has 4 aromatic carbocycles. The molecule has 3 N–H and O–H groups in total. The average Bonchev–Trinajstić information content (AvgIpc) is 3.10. The fraction of sp³-hybridized carbons (Fsp3) is 0.129. The third kappa shape index (κ3) is 6.51. The summed E-state index contributed by atoms with van der Waals surface area (Å²) in [6.45, 7) is -0.434. The Hall–Kier alpha value is -4.80. The van der Waals surface area contributed by atoms with Crippen molar-refractivity contribution in [2.24, 2.45) is 4.99 Å². The van der Waals surface area contributed by atoms with Crippen LogP contribution in [0.25, 0.3) is 10.8 Å². The molecule has 10 heteroatoms. The van der Waals surface area contributed by atoms with Crippen molar-refractivity contribution in [2.45, 2.75) is 23.5 Å². The molecule has 2 unspecified atom stereocenters. The molecule has 0 aromatic heterocycles. The summed E-state index contributed by atoms with van der Waals surface area (Å²) in [7, 11) is 0. The zero-order chi connectivity index (χ0) is 28.8. The minimum atomic E-state index is -1.23. The fourth-order valence-corrected chi connectivity index (χ4v) is 5.29. The normalized spacial score (nSPS) is 15.4. The first-order valence-corrected chi connectivity index (χ1v) is 13.7. The van der Waals surface area contributed by atoms with Gasteiger partial charge in [0.15, 0.2) is 6.17 Å². The summed E-state index contributed by atoms with van der Waals surface area (Å²) in [5, 5.41) is 13.6. The minimum Gasteiger partial charge on any atom is -0.481 e. The van der Waals surface area contributed by atoms with Gasteiger partial charge in [0.2, 0.25) is 5.91 Å². The van der Waals surface area contributed by atoms with Crippen LogP contribution in [-0.4, -0.2) is 53.6 Å². The second-order valence-corrected chi connectivity index (χ2v) is 10.2. The van der Waals surface area contributed by atoms with Crippen molar-refractivity contribution >= 4 is 58.2 Å². The van der Waals surface area contributed by atoms with Crippen molar-refractivity contribution in [1.82, 2.24) is 10.0 Å². The van der Waals surface area contributed by atoms with Gasteiger partial charge in [-0.3, -0.25) is 24.3 Å². The molecule has 0 bridgehead atoms. The first kappa shape index (κ1) is 27.8. The molecule has 1 aliphatic rings. The van der Waals surface area contributed by atoms with Crippen LogP contribution in [0.15, 0.2) is 107 Å². The molecule has 206 valence electrons. The number of aliphatic carboxylic acids is 1. The predicted octanol–water partition coefficient (Wildman–Crippen LogP) is 3.81. The van der Waals surface area contributed by atoms with Crippen LogP contribution < -0.4 is 14.9 Å². The zero-order valence-electron chi connectivity index (χ0n) is 21.8. The summed E-state index contributed by atoms with van der Waals surface area (Å²) in [5.41, 5.74) is 2.49. The molecule has 0 saturated carbocycles. The van der Waals surface area contributed by atoms with Gasteiger partial charge in [0, 0.05) is 16.0 Å². The van der Waals surface area contributed by atoms with Gasteiger partial charge >= 0.3 is 5.97 Å². The number of carboxylic acids is 1. The molecular formula is C31H26N4O5S. The number of nitrogens with one attached hydrogen (secondary N) is 2. The van der Waals surface area contributed by atoms with E-state index in [2.05, 4.69) is 10.0 Å². The highest BCUT2D eigenvalue weighted by atomic mass is 32.2. The molecule has 0 radical (unpaired) electrons. The number of carbonyl (C=O) groups excluding carboxylic acids is 3. The maximum absolute atomic E-state index is 14.0. The van der Waals surface area contributed by atoms with E-state index in [1.54, 1.807) is 12.1 Å². The molecule has 41 heavy (non-hydrogen) atoms. The van der Waals surface area contributed by atoms with Crippen LogP contribution in [0.3, 0.4) is 0 Å². The molecule has 0 spiro atoms. The van der Waals surface area contributed by atoms with E-state index in [0.717, 1.165) is 21.2 Å². The SMILES string of the molecule is O=CC(CC(=O)O)NC(=O)CN1C(=O)C(NSc2ccc3ccccc3c2)N=C(c2ccccc2)c2ccccc21. The number of aldehydes is 1. The predicted molar refractivity (Wildman–Crippen MR) is 158 cm³/mol. The second-order valence-electron chi connectivity index (χ2n) is 9.32. The van der Waals surface area contributed by atoms with Crippen molar-refractivity contribution in [3.05, 3.63) is 108 Å². The van der Waals surface area contributed by atoms with Gasteiger partial charge < -0.3 is 15.2 Å². The van der Waals surface area contributed by atoms with Crippen molar-refractivity contribution in [3.63, 3.8) is 0 Å². The third-order valence-corrected chi connectivity index (χ3v) is 7.30. The number of aliphatic imine (C=N–C) groups is 1. The van der Waals surface area contributed by atoms with Gasteiger partial charge in [-0.1, -0.05) is 78.9 Å². The average molecular weight is 567 g/mol. The number of hydrogen-bond acceptors (Lipinski definition) is 7. The van der Waals surface area contributed by atoms with E-state index in [9.17, 15) is 19.2 Å². The summed E-state index contributed by atoms with van der Waals surface area (Å²) >= 11 is 1.26. The number of carbonyl (C=O) groups is 4. The van der Waals surface area contributed by atoms with E-state index < -0.39 is 43.0 Å². The number of carboxylic acid groups (broad SMARTS) is 1. The van der Waals surface area contributed by atoms with Crippen LogP contribution >= 0.6 is 11.9 Å². The fourth-order valence-electron chi connectivity index (χ4n) is 4.57. The molecule has 0 fully saturated rings. The highest BCUT2D eigenvalue weighted by Gasteiger charge is 2.33. The van der Waals surface area contributed by atoms with E-state index in [-0.39, 0.29) is 0 Å². The van der Waals surface area contributed by atoms with Crippen LogP contribution in [0, 0.1) is 0 Å². The Morgan fingerprint density at radius 3 is 2.41 bits per heavy atom. The smallest absolute Gasteiger partial charge is 0.305 e. The molecular weight excluding hydrogens is 540 g/mol. The lowest BCUT2D eigenvalue weighted by Gasteiger charge is -2.25. The summed E-state index contributed by atoms with van der Waals surface area (Å²) in [6.07, 6.45) is -1.26. The molecule has 2 atom stereocenters. The lowest BCUT2D eigenvalue weighted by Crippen LogP contribution is -2.49. The van der Waals surface area contributed by atoms with Crippen molar-refractivity contribution in [1.29, 1.82) is 0 Å². The maximum Gasteiger partial charge on any atom is 0.305 e. The Labute approximate surface area is 240 Å². The molecule has 1 heterocycles. The van der Waals surface area contributed by atoms with Crippen LogP contribution in [-0.2, 0) is 19.2 Å². The van der Waals surface area contributed by atoms with Crippen molar-refractivity contribution in [3.8, 4) is 0 Å². The van der Waals surface area contributed by atoms with E-state index in [0.29, 0.717) is 23.2 Å². The molecule has 9 nitrogen and oxygen atoms in total. The quantitative estimate of drug-likeness (QED) is 0.197. The van der Waals surface area contributed by atoms with Gasteiger partial charge in [-0.05, 0) is 40.9 Å². The maximum atomic E-state index is 14.0. The molecule has 4 aromatic rings. The molecule has 2 amide bonds. The monoisotopic (exact) mass is 566 g/mol. The number of nitrogens with zero attached hydrogens (tertiary/aromatic N) is 2. The number of fused-ring (bicyclic) bond motifs is 2. The molecule has 1 aliphatic heterocycles. The van der Waals surface area contributed by atoms with Crippen LogP contribution in [0.5, 0.6) is 0 Å². The first-order chi connectivity index (χ1) is 19.9. The van der Waals surface area contributed by atoms with E-state index >= 15 is 0 Å². The zero-order valence-corrected chi connectivity index (χ0v) is 22.6. The number of amides is 2. The molecule has 0 aliphatic carbocycles. The van der Waals surface area contributed by atoms with Gasteiger partial charge in [-0.15, -0.1) is 0 Å². The van der Waals surface area contributed by atoms with Crippen molar-refractivity contribution in [2.75, 3.05) is 11.4 Å². The van der Waals surface area contributed by atoms with Gasteiger partial charge in [0.1, 0.15) is 12.8 Å². The summed E-state index contributed by atoms with van der Waals surface area (Å²) in [5.74, 6) is -2.38. The lowest BCUT2D eigenvalue weighted by atomic mass is 10.0. The number of benzene rings is 4. The van der Waals surface area contributed by atoms with Crippen LogP contribution in [0.1, 0.15) is 17.5 Å². The van der Waals surface area contributed by atoms with E-state index in [1.165, 1.54) is 16.8 Å². The lowest BCUT2D eigenvalue weighted by molar-refractivity contribution is -0.138. The first-order valence-electron chi connectivity index (χ1n) is 12.8. The summed E-state index contributed by atoms with van der Waals surface area (Å²) in [6, 6.07) is 29.3. The topological polar surface area (TPSA) is 128 Å². The third-order valence-electron chi connectivity index (χ3n) is 6.47. The second kappa shape index (κ2) is 12.6. The van der Waals surface area contributed by atoms with Gasteiger partial charge in [0.05, 0.1) is 23.9 Å². The highest BCUT2D eigenvalue weighted by molar-refractivity contribution is 7.97. The Balaban J connectivity index is 1.49. The Bertz CT molecular complexity index is 1640. The number of anilines is 1. The number of rotatable bonds is 10. The van der Waals surface area contributed by atoms with Crippen molar-refractivity contribution < 1.29 is 24.3 Å². The Morgan fingerprint density at radius 1 is 0.951 bits per heavy atom. The minimum absolute atomic E-state index is 0.366. The Kier molecular flexibility index (Phi) is 8.52. The Morgan fingerprint density at radius 2 is 1.66 bits per heavy atom. The number of hydrogen-bond donors (Lipinski definition) is 3. The van der Waals surface area contributed by atoms with Crippen LogP contribution in [0.4, 0.5) is 5.69 Å². The van der Waals surface area contributed by atoms with E-state index in [4.69, 9.17) is 10.1 Å². The largest absolute Gasteiger partial charge is 0.481 e. The number of para-hydroxylation sites is 1. The summed E-state index contributed by atoms with van der Waals surface area (Å²) in [4.78, 5) is 56.4.